The average Bonchev–Trinajstić information content (AvgIpc) is 3.58. The third-order valence-electron chi connectivity index (χ3n) is 6.39. The molecule has 3 heterocycles. The number of aromatic amines is 1. The number of H-pyrrole nitrogens is 1. The van der Waals surface area contributed by atoms with Gasteiger partial charge in [0.2, 0.25) is 0 Å². The zero-order chi connectivity index (χ0) is 22.9. The summed E-state index contributed by atoms with van der Waals surface area (Å²) < 4.78 is 22.3. The first-order valence-corrected chi connectivity index (χ1v) is 11.0. The second-order valence-corrected chi connectivity index (χ2v) is 8.19. The maximum absolute atomic E-state index is 13.5. The van der Waals surface area contributed by atoms with Crippen molar-refractivity contribution in [3.8, 4) is 28.5 Å². The number of methoxy groups -OCH3 is 3. The van der Waals surface area contributed by atoms with E-state index in [0.29, 0.717) is 23.7 Å². The van der Waals surface area contributed by atoms with Gasteiger partial charge in [-0.15, -0.1) is 0 Å². The molecule has 2 aliphatic rings. The van der Waals surface area contributed by atoms with E-state index in [9.17, 15) is 4.79 Å². The summed E-state index contributed by atoms with van der Waals surface area (Å²) in [5.41, 5.74) is 3.85. The number of rotatable bonds is 7. The minimum absolute atomic E-state index is 0.0158. The predicted octanol–water partition coefficient (Wildman–Crippen LogP) is 3.83. The maximum atomic E-state index is 13.5. The van der Waals surface area contributed by atoms with Gasteiger partial charge in [-0.3, -0.25) is 9.89 Å². The lowest BCUT2D eigenvalue weighted by Gasteiger charge is -2.29. The minimum atomic E-state index is -0.367. The number of amides is 1. The number of nitrogens with zero attached hydrogens (tertiary/aromatic N) is 2. The molecule has 0 spiro atoms. The van der Waals surface area contributed by atoms with Gasteiger partial charge in [0.15, 0.2) is 0 Å². The summed E-state index contributed by atoms with van der Waals surface area (Å²) in [6.45, 7) is 1.23. The molecule has 1 fully saturated rings. The smallest absolute Gasteiger partial charge is 0.273 e. The first-order valence-electron chi connectivity index (χ1n) is 11.0. The quantitative estimate of drug-likeness (QED) is 0.590. The molecule has 2 atom stereocenters. The highest BCUT2D eigenvalue weighted by Gasteiger charge is 2.44. The van der Waals surface area contributed by atoms with Gasteiger partial charge in [0.25, 0.3) is 5.91 Å². The molecule has 1 amide bonds. The number of carbonyl (C=O) groups is 1. The van der Waals surface area contributed by atoms with Gasteiger partial charge < -0.3 is 23.8 Å². The van der Waals surface area contributed by atoms with E-state index in [1.54, 1.807) is 21.3 Å². The zero-order valence-electron chi connectivity index (χ0n) is 19.0. The van der Waals surface area contributed by atoms with E-state index in [0.717, 1.165) is 47.6 Å². The molecule has 2 aliphatic heterocycles. The third kappa shape index (κ3) is 3.70. The molecular weight excluding hydrogens is 422 g/mol. The van der Waals surface area contributed by atoms with Crippen molar-refractivity contribution in [3.63, 3.8) is 0 Å². The van der Waals surface area contributed by atoms with Gasteiger partial charge in [-0.1, -0.05) is 0 Å². The van der Waals surface area contributed by atoms with Crippen LogP contribution in [0.15, 0.2) is 42.5 Å². The third-order valence-corrected chi connectivity index (χ3v) is 6.39. The number of benzene rings is 2. The number of hydrogen-bond donors (Lipinski definition) is 1. The maximum Gasteiger partial charge on any atom is 0.273 e. The van der Waals surface area contributed by atoms with E-state index in [-0.39, 0.29) is 18.1 Å². The average molecular weight is 450 g/mol. The summed E-state index contributed by atoms with van der Waals surface area (Å²) in [5, 5.41) is 7.53. The van der Waals surface area contributed by atoms with Crippen molar-refractivity contribution in [1.29, 1.82) is 0 Å². The summed E-state index contributed by atoms with van der Waals surface area (Å²) >= 11 is 0. The number of fused-ring (bicyclic) bond motifs is 1. The molecule has 0 aliphatic carbocycles. The number of hydrogen-bond acceptors (Lipinski definition) is 6. The molecule has 0 bridgehead atoms. The fraction of sp³-hybridized carbons (Fsp3) is 0.360. The summed E-state index contributed by atoms with van der Waals surface area (Å²) in [4.78, 5) is 15.4. The van der Waals surface area contributed by atoms with Crippen LogP contribution in [0, 0.1) is 0 Å². The Morgan fingerprint density at radius 1 is 1.06 bits per heavy atom. The van der Waals surface area contributed by atoms with Crippen LogP contribution in [0.25, 0.3) is 11.3 Å². The van der Waals surface area contributed by atoms with Crippen LogP contribution in [0.2, 0.25) is 0 Å². The lowest BCUT2D eigenvalue weighted by molar-refractivity contribution is 0.0493. The van der Waals surface area contributed by atoms with Crippen molar-refractivity contribution in [3.05, 3.63) is 59.3 Å². The molecule has 1 aromatic heterocycles. The van der Waals surface area contributed by atoms with Crippen LogP contribution < -0.4 is 14.2 Å². The van der Waals surface area contributed by atoms with E-state index in [4.69, 9.17) is 18.9 Å². The van der Waals surface area contributed by atoms with Gasteiger partial charge in [0.05, 0.1) is 39.2 Å². The topological polar surface area (TPSA) is 85.9 Å². The first kappa shape index (κ1) is 21.3. The fourth-order valence-electron chi connectivity index (χ4n) is 4.73. The fourth-order valence-corrected chi connectivity index (χ4v) is 4.73. The summed E-state index contributed by atoms with van der Waals surface area (Å²) in [6.07, 6.45) is 1.96. The van der Waals surface area contributed by atoms with Crippen LogP contribution in [0.3, 0.4) is 0 Å². The van der Waals surface area contributed by atoms with Crippen LogP contribution in [-0.4, -0.2) is 61.6 Å². The number of ether oxygens (including phenoxy) is 4. The Kier molecular flexibility index (Phi) is 5.68. The highest BCUT2D eigenvalue weighted by molar-refractivity contribution is 6.00. The highest BCUT2D eigenvalue weighted by atomic mass is 16.5. The van der Waals surface area contributed by atoms with Crippen molar-refractivity contribution in [2.24, 2.45) is 0 Å². The van der Waals surface area contributed by atoms with E-state index in [1.165, 1.54) is 0 Å². The largest absolute Gasteiger partial charge is 0.497 e. The Balaban J connectivity index is 1.64. The van der Waals surface area contributed by atoms with Gasteiger partial charge in [-0.25, -0.2) is 0 Å². The van der Waals surface area contributed by atoms with Crippen LogP contribution in [-0.2, 0) is 4.74 Å². The number of nitrogens with one attached hydrogen (secondary N) is 1. The molecule has 5 rings (SSSR count). The van der Waals surface area contributed by atoms with E-state index in [2.05, 4.69) is 10.2 Å². The Morgan fingerprint density at radius 3 is 2.48 bits per heavy atom. The highest BCUT2D eigenvalue weighted by Crippen LogP contribution is 2.46. The molecule has 8 heteroatoms. The second kappa shape index (κ2) is 8.78. The Morgan fingerprint density at radius 2 is 1.82 bits per heavy atom. The van der Waals surface area contributed by atoms with Crippen LogP contribution >= 0.6 is 0 Å². The SMILES string of the molecule is COc1ccc(-c2n[nH]c3c2C(c2ccc(OC)cc2OC)N(CC2CCCO2)C3=O)cc1. The molecule has 8 nitrogen and oxygen atoms in total. The molecule has 0 saturated carbocycles. The predicted molar refractivity (Wildman–Crippen MR) is 122 cm³/mol. The molecule has 3 aromatic rings. The van der Waals surface area contributed by atoms with Gasteiger partial charge in [0.1, 0.15) is 22.9 Å². The number of aromatic nitrogens is 2. The molecule has 1 saturated heterocycles. The van der Waals surface area contributed by atoms with Crippen molar-refractivity contribution in [2.45, 2.75) is 25.0 Å². The van der Waals surface area contributed by atoms with Crippen LogP contribution in [0.4, 0.5) is 0 Å². The first-order chi connectivity index (χ1) is 16.1. The Bertz CT molecular complexity index is 1150. The second-order valence-electron chi connectivity index (χ2n) is 8.19. The number of carbonyl (C=O) groups excluding carboxylic acids is 1. The molecule has 2 unspecified atom stereocenters. The summed E-state index contributed by atoms with van der Waals surface area (Å²) in [7, 11) is 4.88. The zero-order valence-corrected chi connectivity index (χ0v) is 19.0. The van der Waals surface area contributed by atoms with E-state index in [1.807, 2.05) is 47.4 Å². The summed E-state index contributed by atoms with van der Waals surface area (Å²) in [6, 6.07) is 13.0. The van der Waals surface area contributed by atoms with E-state index < -0.39 is 0 Å². The van der Waals surface area contributed by atoms with Gasteiger partial charge in [-0.2, -0.15) is 5.10 Å². The molecule has 1 N–H and O–H groups in total. The monoisotopic (exact) mass is 449 g/mol. The lowest BCUT2D eigenvalue weighted by atomic mass is 9.95. The molecule has 172 valence electrons. The molecule has 0 radical (unpaired) electrons. The summed E-state index contributed by atoms with van der Waals surface area (Å²) in [5.74, 6) is 2.01. The van der Waals surface area contributed by atoms with Crippen molar-refractivity contribution < 1.29 is 23.7 Å². The van der Waals surface area contributed by atoms with Crippen LogP contribution in [0.5, 0.6) is 17.2 Å². The van der Waals surface area contributed by atoms with Gasteiger partial charge in [0, 0.05) is 35.9 Å². The lowest BCUT2D eigenvalue weighted by Crippen LogP contribution is -2.36. The van der Waals surface area contributed by atoms with Crippen molar-refractivity contribution in [1.82, 2.24) is 15.1 Å². The minimum Gasteiger partial charge on any atom is -0.497 e. The standard InChI is InChI=1S/C25H27N3O5/c1-30-16-8-6-15(7-9-16)22-21-23(27-26-22)25(29)28(14-18-5-4-12-33-18)24(21)19-11-10-17(31-2)13-20(19)32-3/h6-11,13,18,24H,4-5,12,14H2,1-3H3,(H,26,27). The Hall–Kier alpha value is -3.52. The van der Waals surface area contributed by atoms with Crippen molar-refractivity contribution in [2.75, 3.05) is 34.5 Å². The molecular formula is C25H27N3O5. The van der Waals surface area contributed by atoms with E-state index >= 15 is 0 Å². The van der Waals surface area contributed by atoms with Gasteiger partial charge >= 0.3 is 0 Å². The molecule has 2 aromatic carbocycles. The van der Waals surface area contributed by atoms with Gasteiger partial charge in [-0.05, 0) is 49.2 Å². The van der Waals surface area contributed by atoms with Crippen LogP contribution in [0.1, 0.15) is 40.5 Å². The van der Waals surface area contributed by atoms with Crippen molar-refractivity contribution >= 4 is 5.91 Å². The molecule has 33 heavy (non-hydrogen) atoms. The Labute approximate surface area is 192 Å². The normalized spacial score (nSPS) is 19.6.